The highest BCUT2D eigenvalue weighted by molar-refractivity contribution is 6.00. The second-order valence-electron chi connectivity index (χ2n) is 4.96. The minimum atomic E-state index is -0.495. The van der Waals surface area contributed by atoms with E-state index in [1.54, 1.807) is 12.1 Å². The van der Waals surface area contributed by atoms with Crippen molar-refractivity contribution in [3.63, 3.8) is 0 Å². The van der Waals surface area contributed by atoms with Crippen LogP contribution in [0.5, 0.6) is 0 Å². The highest BCUT2D eigenvalue weighted by atomic mass is 16.2. The summed E-state index contributed by atoms with van der Waals surface area (Å²) in [6, 6.07) is 10.1. The molecule has 102 valence electrons. The fraction of sp³-hybridized carbons (Fsp3) is 0.214. The lowest BCUT2D eigenvalue weighted by molar-refractivity contribution is -0.118. The minimum absolute atomic E-state index is 0.109. The van der Waals surface area contributed by atoms with E-state index in [4.69, 9.17) is 5.73 Å². The topological polar surface area (TPSA) is 101 Å². The monoisotopic (exact) mass is 270 g/mol. The molecule has 6 heteroatoms. The second kappa shape index (κ2) is 4.48. The number of amides is 1. The fourth-order valence-electron chi connectivity index (χ4n) is 2.22. The Morgan fingerprint density at radius 3 is 2.45 bits per heavy atom. The maximum Gasteiger partial charge on any atom is 0.264 e. The zero-order chi connectivity index (χ0) is 14.2. The Labute approximate surface area is 115 Å². The molecule has 1 aliphatic carbocycles. The molecule has 20 heavy (non-hydrogen) atoms. The zero-order valence-corrected chi connectivity index (χ0v) is 10.7. The number of carbonyl (C=O) groups is 1. The van der Waals surface area contributed by atoms with Gasteiger partial charge in [0, 0.05) is 11.8 Å². The first kappa shape index (κ1) is 12.4. The Kier molecular flexibility index (Phi) is 2.78. The van der Waals surface area contributed by atoms with Gasteiger partial charge in [-0.1, -0.05) is 12.1 Å². The molecule has 3 rings (SSSR count). The zero-order valence-electron chi connectivity index (χ0n) is 10.7. The average molecular weight is 270 g/mol. The molecule has 1 amide bonds. The Balaban J connectivity index is 1.81. The van der Waals surface area contributed by atoms with Crippen LogP contribution >= 0.6 is 0 Å². The molecule has 1 aliphatic rings. The largest absolute Gasteiger partial charge is 0.399 e. The van der Waals surface area contributed by atoms with E-state index >= 15 is 0 Å². The van der Waals surface area contributed by atoms with Crippen LogP contribution in [0.25, 0.3) is 0 Å². The van der Waals surface area contributed by atoms with Gasteiger partial charge in [0.05, 0.1) is 5.41 Å². The number of hydrogen-bond acceptors (Lipinski definition) is 4. The van der Waals surface area contributed by atoms with E-state index in [0.717, 1.165) is 18.4 Å². The highest BCUT2D eigenvalue weighted by Gasteiger charge is 2.51. The minimum Gasteiger partial charge on any atom is -0.399 e. The fourth-order valence-corrected chi connectivity index (χ4v) is 2.22. The molecule has 0 atom stereocenters. The van der Waals surface area contributed by atoms with Crippen molar-refractivity contribution in [2.24, 2.45) is 0 Å². The standard InChI is InChI=1S/C14H14N4O2/c15-10-3-1-9(2-4-10)14(7-8-14)13(20)16-11-5-6-12(19)18-17-11/h1-6H,7-8,15H2,(H,18,19)(H,16,17,20). The number of nitrogen functional groups attached to an aromatic ring is 1. The van der Waals surface area contributed by atoms with Gasteiger partial charge in [-0.2, -0.15) is 5.10 Å². The van der Waals surface area contributed by atoms with Crippen LogP contribution in [0.2, 0.25) is 0 Å². The molecule has 1 heterocycles. The second-order valence-corrected chi connectivity index (χ2v) is 4.96. The molecule has 0 unspecified atom stereocenters. The molecule has 0 spiro atoms. The first-order valence-corrected chi connectivity index (χ1v) is 6.33. The predicted molar refractivity (Wildman–Crippen MR) is 75.3 cm³/mol. The van der Waals surface area contributed by atoms with Gasteiger partial charge in [0.25, 0.3) is 5.56 Å². The number of nitrogens with two attached hydrogens (primary N) is 1. The van der Waals surface area contributed by atoms with E-state index in [2.05, 4.69) is 15.5 Å². The third-order valence-corrected chi connectivity index (χ3v) is 3.57. The summed E-state index contributed by atoms with van der Waals surface area (Å²) in [5, 5.41) is 8.80. The van der Waals surface area contributed by atoms with Crippen LogP contribution in [-0.2, 0) is 10.2 Å². The molecule has 0 bridgehead atoms. The predicted octanol–water partition coefficient (Wildman–Crippen LogP) is 1.02. The molecular weight excluding hydrogens is 256 g/mol. The van der Waals surface area contributed by atoms with Crippen LogP contribution in [0.15, 0.2) is 41.2 Å². The van der Waals surface area contributed by atoms with Gasteiger partial charge in [-0.25, -0.2) is 5.10 Å². The van der Waals surface area contributed by atoms with Crippen LogP contribution in [0, 0.1) is 0 Å². The van der Waals surface area contributed by atoms with Gasteiger partial charge in [-0.15, -0.1) is 0 Å². The van der Waals surface area contributed by atoms with E-state index in [0.29, 0.717) is 11.5 Å². The van der Waals surface area contributed by atoms with E-state index in [1.165, 1.54) is 12.1 Å². The van der Waals surface area contributed by atoms with Crippen LogP contribution in [0.4, 0.5) is 11.5 Å². The lowest BCUT2D eigenvalue weighted by atomic mass is 9.95. The molecule has 1 aromatic heterocycles. The van der Waals surface area contributed by atoms with Crippen LogP contribution in [-0.4, -0.2) is 16.1 Å². The number of benzene rings is 1. The maximum atomic E-state index is 12.4. The molecule has 1 aromatic carbocycles. The lowest BCUT2D eigenvalue weighted by Gasteiger charge is -2.15. The summed E-state index contributed by atoms with van der Waals surface area (Å²) in [4.78, 5) is 23.3. The van der Waals surface area contributed by atoms with E-state index < -0.39 is 5.41 Å². The summed E-state index contributed by atoms with van der Waals surface area (Å²) in [7, 11) is 0. The molecule has 6 nitrogen and oxygen atoms in total. The van der Waals surface area contributed by atoms with Crippen molar-refractivity contribution >= 4 is 17.4 Å². The average Bonchev–Trinajstić information content (AvgIpc) is 3.24. The number of rotatable bonds is 3. The van der Waals surface area contributed by atoms with Crippen LogP contribution in [0.1, 0.15) is 18.4 Å². The molecule has 0 saturated heterocycles. The summed E-state index contributed by atoms with van der Waals surface area (Å²) in [6.45, 7) is 0. The third kappa shape index (κ3) is 2.16. The van der Waals surface area contributed by atoms with Crippen molar-refractivity contribution < 1.29 is 4.79 Å². The smallest absolute Gasteiger partial charge is 0.264 e. The Hall–Kier alpha value is -2.63. The summed E-state index contributed by atoms with van der Waals surface area (Å²) < 4.78 is 0. The third-order valence-electron chi connectivity index (χ3n) is 3.57. The van der Waals surface area contributed by atoms with Crippen LogP contribution in [0.3, 0.4) is 0 Å². The molecule has 0 aliphatic heterocycles. The lowest BCUT2D eigenvalue weighted by Crippen LogP contribution is -2.28. The number of hydrogen-bond donors (Lipinski definition) is 3. The van der Waals surface area contributed by atoms with E-state index in [-0.39, 0.29) is 11.5 Å². The normalized spacial score (nSPS) is 15.6. The number of H-pyrrole nitrogens is 1. The van der Waals surface area contributed by atoms with E-state index in [1.807, 2.05) is 12.1 Å². The molecule has 1 saturated carbocycles. The Morgan fingerprint density at radius 2 is 1.90 bits per heavy atom. The molecular formula is C14H14N4O2. The van der Waals surface area contributed by atoms with Gasteiger partial charge >= 0.3 is 0 Å². The number of aromatic amines is 1. The number of carbonyl (C=O) groups excluding carboxylic acids is 1. The number of nitrogens with zero attached hydrogens (tertiary/aromatic N) is 1. The van der Waals surface area contributed by atoms with E-state index in [9.17, 15) is 9.59 Å². The summed E-state index contributed by atoms with van der Waals surface area (Å²) >= 11 is 0. The quantitative estimate of drug-likeness (QED) is 0.725. The molecule has 2 aromatic rings. The number of aromatic nitrogens is 2. The van der Waals surface area contributed by atoms with Gasteiger partial charge in [-0.3, -0.25) is 9.59 Å². The first-order valence-electron chi connectivity index (χ1n) is 6.33. The SMILES string of the molecule is Nc1ccc(C2(C(=O)Nc3ccc(=O)[nH]n3)CC2)cc1. The Morgan fingerprint density at radius 1 is 1.20 bits per heavy atom. The molecule has 4 N–H and O–H groups in total. The van der Waals surface area contributed by atoms with Gasteiger partial charge in [0.15, 0.2) is 5.82 Å². The van der Waals surface area contributed by atoms with Gasteiger partial charge < -0.3 is 11.1 Å². The summed E-state index contributed by atoms with van der Waals surface area (Å²) in [5.41, 5.74) is 6.49. The van der Waals surface area contributed by atoms with Crippen molar-refractivity contribution in [3.8, 4) is 0 Å². The van der Waals surface area contributed by atoms with Crippen molar-refractivity contribution in [2.45, 2.75) is 18.3 Å². The van der Waals surface area contributed by atoms with Gasteiger partial charge in [0.1, 0.15) is 0 Å². The van der Waals surface area contributed by atoms with Crippen molar-refractivity contribution in [3.05, 3.63) is 52.3 Å². The van der Waals surface area contributed by atoms with Crippen molar-refractivity contribution in [1.82, 2.24) is 10.2 Å². The summed E-state index contributed by atoms with van der Waals surface area (Å²) in [6.07, 6.45) is 1.60. The highest BCUT2D eigenvalue weighted by Crippen LogP contribution is 2.49. The van der Waals surface area contributed by atoms with Crippen molar-refractivity contribution in [1.29, 1.82) is 0 Å². The van der Waals surface area contributed by atoms with Gasteiger partial charge in [0.2, 0.25) is 5.91 Å². The molecule has 0 radical (unpaired) electrons. The number of nitrogens with one attached hydrogen (secondary N) is 2. The van der Waals surface area contributed by atoms with Crippen LogP contribution < -0.4 is 16.6 Å². The Bertz CT molecular complexity index is 681. The maximum absolute atomic E-state index is 12.4. The summed E-state index contributed by atoms with van der Waals surface area (Å²) in [5.74, 6) is 0.234. The molecule has 1 fully saturated rings. The first-order chi connectivity index (χ1) is 9.60. The van der Waals surface area contributed by atoms with Gasteiger partial charge in [-0.05, 0) is 36.6 Å². The number of anilines is 2. The van der Waals surface area contributed by atoms with Crippen molar-refractivity contribution in [2.75, 3.05) is 11.1 Å².